The van der Waals surface area contributed by atoms with Crippen LogP contribution >= 0.6 is 23.2 Å². The molecular weight excluding hydrogens is 139 g/mol. The van der Waals surface area contributed by atoms with Gasteiger partial charge in [0, 0.05) is 5.88 Å². The monoisotopic (exact) mass is 144 g/mol. The van der Waals surface area contributed by atoms with Gasteiger partial charge in [0.25, 0.3) is 0 Å². The van der Waals surface area contributed by atoms with Gasteiger partial charge in [-0.3, -0.25) is 0 Å². The zero-order valence-electron chi connectivity index (χ0n) is 3.51. The van der Waals surface area contributed by atoms with E-state index in [2.05, 4.69) is 0 Å². The van der Waals surface area contributed by atoms with Gasteiger partial charge in [-0.15, -0.1) is 23.2 Å². The number of hydrogen-bond acceptors (Lipinski definition) is 2. The second-order valence-corrected chi connectivity index (χ2v) is 1.95. The summed E-state index contributed by atoms with van der Waals surface area (Å²) in [5.41, 5.74) is 0. The van der Waals surface area contributed by atoms with Gasteiger partial charge in [-0.05, 0) is 0 Å². The Morgan fingerprint density at radius 3 is 1.86 bits per heavy atom. The lowest BCUT2D eigenvalue weighted by Crippen LogP contribution is -2.20. The third-order valence-electron chi connectivity index (χ3n) is 0.471. The minimum atomic E-state index is -1.50. The van der Waals surface area contributed by atoms with Crippen molar-refractivity contribution in [3.8, 4) is 0 Å². The summed E-state index contributed by atoms with van der Waals surface area (Å²) < 4.78 is 0. The van der Waals surface area contributed by atoms with Crippen LogP contribution < -0.4 is 0 Å². The van der Waals surface area contributed by atoms with Crippen molar-refractivity contribution in [1.29, 1.82) is 0 Å². The summed E-state index contributed by atoms with van der Waals surface area (Å²) >= 11 is 10.3. The van der Waals surface area contributed by atoms with Crippen LogP contribution in [0.25, 0.3) is 0 Å². The first-order chi connectivity index (χ1) is 3.18. The minimum Gasteiger partial charge on any atom is -0.367 e. The van der Waals surface area contributed by atoms with Gasteiger partial charge in [-0.2, -0.15) is 0 Å². The molecule has 0 saturated heterocycles. The van der Waals surface area contributed by atoms with E-state index in [1.165, 1.54) is 0 Å². The number of halogens is 2. The van der Waals surface area contributed by atoms with Gasteiger partial charge in [-0.25, -0.2) is 0 Å². The molecule has 2 N–H and O–H groups in total. The van der Waals surface area contributed by atoms with E-state index in [1.54, 1.807) is 0 Å². The van der Waals surface area contributed by atoms with E-state index in [1.807, 2.05) is 0 Å². The molecule has 0 aromatic heterocycles. The number of hydrogen-bond donors (Lipinski definition) is 2. The standard InChI is InChI=1S/C3H6Cl2O2/c4-1-2(5)3(6)7/h2-3,6-7H,1H2. The minimum absolute atomic E-state index is 0.0548. The first-order valence-electron chi connectivity index (χ1n) is 1.74. The lowest BCUT2D eigenvalue weighted by Gasteiger charge is -2.04. The third kappa shape index (κ3) is 3.12. The predicted octanol–water partition coefficient (Wildman–Crippen LogP) is 0.143. The zero-order chi connectivity index (χ0) is 5.86. The maximum Gasteiger partial charge on any atom is 0.169 e. The smallest absolute Gasteiger partial charge is 0.169 e. The van der Waals surface area contributed by atoms with Gasteiger partial charge in [-0.1, -0.05) is 0 Å². The Bertz CT molecular complexity index is 48.2. The summed E-state index contributed by atoms with van der Waals surface area (Å²) in [4.78, 5) is 0. The molecule has 7 heavy (non-hydrogen) atoms. The van der Waals surface area contributed by atoms with E-state index in [0.717, 1.165) is 0 Å². The first-order valence-corrected chi connectivity index (χ1v) is 2.71. The van der Waals surface area contributed by atoms with Crippen molar-refractivity contribution in [2.75, 3.05) is 5.88 Å². The molecular formula is C3H6Cl2O2. The quantitative estimate of drug-likeness (QED) is 0.428. The highest BCUT2D eigenvalue weighted by atomic mass is 35.5. The fourth-order valence-corrected chi connectivity index (χ4v) is 0.239. The average molecular weight is 145 g/mol. The zero-order valence-corrected chi connectivity index (χ0v) is 5.02. The van der Waals surface area contributed by atoms with Gasteiger partial charge >= 0.3 is 0 Å². The first kappa shape index (κ1) is 7.50. The van der Waals surface area contributed by atoms with E-state index < -0.39 is 11.7 Å². The summed E-state index contributed by atoms with van der Waals surface area (Å²) in [5.74, 6) is 0.0548. The Morgan fingerprint density at radius 2 is 1.86 bits per heavy atom. The van der Waals surface area contributed by atoms with Crippen LogP contribution in [-0.4, -0.2) is 27.8 Å². The molecule has 4 heteroatoms. The molecule has 0 aromatic rings. The van der Waals surface area contributed by atoms with E-state index in [0.29, 0.717) is 0 Å². The van der Waals surface area contributed by atoms with Crippen LogP contribution in [-0.2, 0) is 0 Å². The van der Waals surface area contributed by atoms with Crippen molar-refractivity contribution in [3.63, 3.8) is 0 Å². The topological polar surface area (TPSA) is 40.5 Å². The van der Waals surface area contributed by atoms with Crippen molar-refractivity contribution < 1.29 is 10.2 Å². The van der Waals surface area contributed by atoms with Gasteiger partial charge in [0.2, 0.25) is 0 Å². The highest BCUT2D eigenvalue weighted by molar-refractivity contribution is 6.28. The molecule has 44 valence electrons. The van der Waals surface area contributed by atoms with E-state index >= 15 is 0 Å². The van der Waals surface area contributed by atoms with Crippen molar-refractivity contribution in [1.82, 2.24) is 0 Å². The molecule has 0 bridgehead atoms. The van der Waals surface area contributed by atoms with Crippen molar-refractivity contribution >= 4 is 23.2 Å². The normalized spacial score (nSPS) is 15.0. The largest absolute Gasteiger partial charge is 0.367 e. The number of rotatable bonds is 2. The summed E-state index contributed by atoms with van der Waals surface area (Å²) in [7, 11) is 0. The van der Waals surface area contributed by atoms with Crippen LogP contribution in [0.5, 0.6) is 0 Å². The Labute approximate surface area is 51.7 Å². The summed E-state index contributed by atoms with van der Waals surface area (Å²) in [6.45, 7) is 0. The molecule has 0 aliphatic rings. The third-order valence-corrected chi connectivity index (χ3v) is 1.34. The van der Waals surface area contributed by atoms with Crippen LogP contribution in [0.1, 0.15) is 0 Å². The molecule has 0 radical (unpaired) electrons. The molecule has 0 amide bonds. The summed E-state index contributed by atoms with van der Waals surface area (Å²) in [6, 6.07) is 0. The van der Waals surface area contributed by atoms with Crippen molar-refractivity contribution in [2.45, 2.75) is 11.7 Å². The Hall–Kier alpha value is 0.500. The van der Waals surface area contributed by atoms with Gasteiger partial charge < -0.3 is 10.2 Å². The summed E-state index contributed by atoms with van der Waals surface area (Å²) in [6.07, 6.45) is -1.50. The number of aliphatic hydroxyl groups excluding tert-OH is 1. The van der Waals surface area contributed by atoms with Crippen LogP contribution in [0.3, 0.4) is 0 Å². The molecule has 0 rings (SSSR count). The highest BCUT2D eigenvalue weighted by Crippen LogP contribution is 2.00. The molecule has 0 aliphatic carbocycles. The molecule has 0 spiro atoms. The van der Waals surface area contributed by atoms with Gasteiger partial charge in [0.1, 0.15) is 0 Å². The SMILES string of the molecule is OC(O)C(Cl)CCl. The molecule has 1 atom stereocenters. The van der Waals surface area contributed by atoms with Crippen molar-refractivity contribution in [2.24, 2.45) is 0 Å². The molecule has 0 heterocycles. The van der Waals surface area contributed by atoms with Crippen LogP contribution in [0.15, 0.2) is 0 Å². The molecule has 1 unspecified atom stereocenters. The number of alkyl halides is 2. The predicted molar refractivity (Wildman–Crippen MR) is 28.6 cm³/mol. The van der Waals surface area contributed by atoms with E-state index in [9.17, 15) is 0 Å². The Morgan fingerprint density at radius 1 is 1.43 bits per heavy atom. The Balaban J connectivity index is 3.14. The molecule has 0 fully saturated rings. The number of aliphatic hydroxyl groups is 2. The molecule has 0 aliphatic heterocycles. The van der Waals surface area contributed by atoms with Crippen LogP contribution in [0.4, 0.5) is 0 Å². The second kappa shape index (κ2) is 3.50. The Kier molecular flexibility index (Phi) is 3.75. The van der Waals surface area contributed by atoms with E-state index in [4.69, 9.17) is 33.4 Å². The molecule has 2 nitrogen and oxygen atoms in total. The molecule has 0 aromatic carbocycles. The highest BCUT2D eigenvalue weighted by Gasteiger charge is 2.09. The fourth-order valence-electron chi connectivity index (χ4n) is 0.0797. The van der Waals surface area contributed by atoms with Gasteiger partial charge in [0.15, 0.2) is 6.29 Å². The maximum atomic E-state index is 8.16. The van der Waals surface area contributed by atoms with Crippen LogP contribution in [0, 0.1) is 0 Å². The van der Waals surface area contributed by atoms with Crippen molar-refractivity contribution in [3.05, 3.63) is 0 Å². The fraction of sp³-hybridized carbons (Fsp3) is 1.00. The lowest BCUT2D eigenvalue weighted by molar-refractivity contribution is -0.0376. The van der Waals surface area contributed by atoms with E-state index in [-0.39, 0.29) is 5.88 Å². The maximum absolute atomic E-state index is 8.16. The molecule has 0 saturated carbocycles. The lowest BCUT2D eigenvalue weighted by atomic mass is 10.5. The van der Waals surface area contributed by atoms with Gasteiger partial charge in [0.05, 0.1) is 5.38 Å². The second-order valence-electron chi connectivity index (χ2n) is 1.08. The average Bonchev–Trinajstić information content (AvgIpc) is 1.65. The van der Waals surface area contributed by atoms with Crippen LogP contribution in [0.2, 0.25) is 0 Å². The summed E-state index contributed by atoms with van der Waals surface area (Å²) in [5, 5.41) is 15.6.